The second-order valence-corrected chi connectivity index (χ2v) is 5.67. The quantitative estimate of drug-likeness (QED) is 0.496. The maximum Gasteiger partial charge on any atom is 0.340 e. The maximum atomic E-state index is 12.8. The van der Waals surface area contributed by atoms with Gasteiger partial charge in [-0.1, -0.05) is 6.07 Å². The SMILES string of the molecule is COc1ccc(/C=C/C(=O)Nc2ccc(OCC(F)(F)C(F)F)nc2)cc1OC. The fourth-order valence-electron chi connectivity index (χ4n) is 2.09. The van der Waals surface area contributed by atoms with E-state index in [0.29, 0.717) is 17.1 Å². The highest BCUT2D eigenvalue weighted by atomic mass is 19.3. The van der Waals surface area contributed by atoms with Gasteiger partial charge in [0.25, 0.3) is 0 Å². The average Bonchev–Trinajstić information content (AvgIpc) is 2.71. The number of carbonyl (C=O) groups is 1. The number of anilines is 1. The molecule has 0 aliphatic heterocycles. The number of alkyl halides is 4. The first-order valence-corrected chi connectivity index (χ1v) is 8.21. The van der Waals surface area contributed by atoms with Crippen molar-refractivity contribution in [1.82, 2.24) is 4.98 Å². The Labute approximate surface area is 164 Å². The standard InChI is InChI=1S/C19H18F4N2O4/c1-27-14-6-3-12(9-15(14)28-2)4-7-16(26)25-13-5-8-17(24-10-13)29-11-19(22,23)18(20)21/h3-10,18H,11H2,1-2H3,(H,25,26)/b7-4+. The van der Waals surface area contributed by atoms with Crippen LogP contribution in [0.25, 0.3) is 6.08 Å². The van der Waals surface area contributed by atoms with Gasteiger partial charge in [-0.05, 0) is 29.8 Å². The Morgan fingerprint density at radius 2 is 1.90 bits per heavy atom. The van der Waals surface area contributed by atoms with E-state index in [-0.39, 0.29) is 11.6 Å². The maximum absolute atomic E-state index is 12.8. The number of aromatic nitrogens is 1. The molecule has 0 radical (unpaired) electrons. The Hall–Kier alpha value is -3.30. The Morgan fingerprint density at radius 1 is 1.17 bits per heavy atom. The molecule has 0 aliphatic carbocycles. The number of benzene rings is 1. The lowest BCUT2D eigenvalue weighted by atomic mass is 10.2. The average molecular weight is 414 g/mol. The van der Waals surface area contributed by atoms with Crippen LogP contribution in [0.15, 0.2) is 42.6 Å². The Balaban J connectivity index is 1.93. The molecule has 2 rings (SSSR count). The highest BCUT2D eigenvalue weighted by Gasteiger charge is 2.41. The van der Waals surface area contributed by atoms with E-state index in [0.717, 1.165) is 6.20 Å². The number of halogens is 4. The molecule has 1 heterocycles. The summed E-state index contributed by atoms with van der Waals surface area (Å²) in [7, 11) is 3.00. The van der Waals surface area contributed by atoms with E-state index in [9.17, 15) is 22.4 Å². The second kappa shape index (κ2) is 9.76. The Kier molecular flexibility index (Phi) is 7.40. The molecule has 2 aromatic rings. The van der Waals surface area contributed by atoms with Crippen molar-refractivity contribution in [2.45, 2.75) is 12.3 Å². The molecule has 0 bridgehead atoms. The molecule has 29 heavy (non-hydrogen) atoms. The molecule has 10 heteroatoms. The van der Waals surface area contributed by atoms with Crippen molar-refractivity contribution in [2.75, 3.05) is 26.1 Å². The molecular formula is C19H18F4N2O4. The summed E-state index contributed by atoms with van der Waals surface area (Å²) in [5.41, 5.74) is 0.958. The highest BCUT2D eigenvalue weighted by molar-refractivity contribution is 6.01. The van der Waals surface area contributed by atoms with Crippen LogP contribution >= 0.6 is 0 Å². The minimum atomic E-state index is -4.27. The molecule has 156 valence electrons. The molecule has 0 atom stereocenters. The van der Waals surface area contributed by atoms with Crippen LogP contribution in [0.3, 0.4) is 0 Å². The fraction of sp³-hybridized carbons (Fsp3) is 0.263. The summed E-state index contributed by atoms with van der Waals surface area (Å²) in [5.74, 6) is -3.96. The molecule has 6 nitrogen and oxygen atoms in total. The number of hydrogen-bond donors (Lipinski definition) is 1. The van der Waals surface area contributed by atoms with Crippen molar-refractivity contribution < 1.29 is 36.6 Å². The number of hydrogen-bond acceptors (Lipinski definition) is 5. The lowest BCUT2D eigenvalue weighted by Crippen LogP contribution is -2.33. The molecule has 0 saturated heterocycles. The first kappa shape index (κ1) is 22.0. The van der Waals surface area contributed by atoms with Crippen molar-refractivity contribution in [3.8, 4) is 17.4 Å². The Morgan fingerprint density at radius 3 is 2.48 bits per heavy atom. The van der Waals surface area contributed by atoms with Gasteiger partial charge in [-0.15, -0.1) is 0 Å². The molecule has 0 aliphatic rings. The summed E-state index contributed by atoms with van der Waals surface area (Å²) in [6.45, 7) is -1.50. The minimum absolute atomic E-state index is 0.264. The van der Waals surface area contributed by atoms with E-state index in [1.54, 1.807) is 24.3 Å². The van der Waals surface area contributed by atoms with Gasteiger partial charge in [-0.2, -0.15) is 8.78 Å². The summed E-state index contributed by atoms with van der Waals surface area (Å²) in [5, 5.41) is 2.51. The third-order valence-electron chi connectivity index (χ3n) is 3.57. The third-order valence-corrected chi connectivity index (χ3v) is 3.57. The first-order chi connectivity index (χ1) is 13.7. The minimum Gasteiger partial charge on any atom is -0.493 e. The molecule has 1 amide bonds. The first-order valence-electron chi connectivity index (χ1n) is 8.21. The Bertz CT molecular complexity index is 858. The van der Waals surface area contributed by atoms with Gasteiger partial charge in [0.1, 0.15) is 0 Å². The van der Waals surface area contributed by atoms with Gasteiger partial charge in [-0.3, -0.25) is 4.79 Å². The zero-order valence-corrected chi connectivity index (χ0v) is 15.5. The zero-order chi connectivity index (χ0) is 21.4. The van der Waals surface area contributed by atoms with Gasteiger partial charge in [0.15, 0.2) is 18.1 Å². The highest BCUT2D eigenvalue weighted by Crippen LogP contribution is 2.28. The van der Waals surface area contributed by atoms with Crippen LogP contribution in [0, 0.1) is 0 Å². The number of carbonyl (C=O) groups excluding carboxylic acids is 1. The number of ether oxygens (including phenoxy) is 3. The topological polar surface area (TPSA) is 69.7 Å². The van der Waals surface area contributed by atoms with E-state index >= 15 is 0 Å². The summed E-state index contributed by atoms with van der Waals surface area (Å²) >= 11 is 0. The second-order valence-electron chi connectivity index (χ2n) is 5.67. The largest absolute Gasteiger partial charge is 0.493 e. The van der Waals surface area contributed by atoms with Crippen molar-refractivity contribution in [1.29, 1.82) is 0 Å². The van der Waals surface area contributed by atoms with Crippen LogP contribution in [0.5, 0.6) is 17.4 Å². The summed E-state index contributed by atoms with van der Waals surface area (Å²) in [6.07, 6.45) is 0.139. The van der Waals surface area contributed by atoms with Crippen molar-refractivity contribution in [3.05, 3.63) is 48.2 Å². The van der Waals surface area contributed by atoms with Crippen LogP contribution in [0.2, 0.25) is 0 Å². The molecule has 0 spiro atoms. The van der Waals surface area contributed by atoms with E-state index < -0.39 is 24.9 Å². The third kappa shape index (κ3) is 6.37. The van der Waals surface area contributed by atoms with E-state index in [1.165, 1.54) is 32.4 Å². The molecule has 1 N–H and O–H groups in total. The molecule has 1 aromatic carbocycles. The molecule has 0 fully saturated rings. The number of nitrogens with zero attached hydrogens (tertiary/aromatic N) is 1. The van der Waals surface area contributed by atoms with Gasteiger partial charge in [0.05, 0.1) is 26.1 Å². The van der Waals surface area contributed by atoms with Crippen LogP contribution in [0.1, 0.15) is 5.56 Å². The fourth-order valence-corrected chi connectivity index (χ4v) is 2.09. The molecule has 0 unspecified atom stereocenters. The summed E-state index contributed by atoms with van der Waals surface area (Å²) in [4.78, 5) is 15.7. The molecule has 1 aromatic heterocycles. The van der Waals surface area contributed by atoms with E-state index in [2.05, 4.69) is 15.0 Å². The van der Waals surface area contributed by atoms with E-state index in [1.807, 2.05) is 0 Å². The number of amides is 1. The normalized spacial score (nSPS) is 11.6. The van der Waals surface area contributed by atoms with Crippen LogP contribution in [-0.4, -0.2) is 44.1 Å². The van der Waals surface area contributed by atoms with Crippen molar-refractivity contribution in [2.24, 2.45) is 0 Å². The van der Waals surface area contributed by atoms with Gasteiger partial charge in [0, 0.05) is 12.1 Å². The van der Waals surface area contributed by atoms with Gasteiger partial charge in [0.2, 0.25) is 11.8 Å². The summed E-state index contributed by atoms with van der Waals surface area (Å²) in [6, 6.07) is 7.62. The van der Waals surface area contributed by atoms with Gasteiger partial charge in [-0.25, -0.2) is 13.8 Å². The smallest absolute Gasteiger partial charge is 0.340 e. The zero-order valence-electron chi connectivity index (χ0n) is 15.5. The summed E-state index contributed by atoms with van der Waals surface area (Å²) < 4.78 is 64.6. The number of pyridine rings is 1. The van der Waals surface area contributed by atoms with Crippen LogP contribution < -0.4 is 19.5 Å². The number of rotatable bonds is 9. The van der Waals surface area contributed by atoms with E-state index in [4.69, 9.17) is 9.47 Å². The van der Waals surface area contributed by atoms with Gasteiger partial charge < -0.3 is 19.5 Å². The predicted octanol–water partition coefficient (Wildman–Crippen LogP) is 4.03. The predicted molar refractivity (Wildman–Crippen MR) is 97.9 cm³/mol. The van der Waals surface area contributed by atoms with Crippen LogP contribution in [-0.2, 0) is 4.79 Å². The molecule has 0 saturated carbocycles. The van der Waals surface area contributed by atoms with Crippen molar-refractivity contribution in [3.63, 3.8) is 0 Å². The lowest BCUT2D eigenvalue weighted by Gasteiger charge is -2.15. The molecular weight excluding hydrogens is 396 g/mol. The monoisotopic (exact) mass is 414 g/mol. The number of nitrogens with one attached hydrogen (secondary N) is 1. The number of methoxy groups -OCH3 is 2. The van der Waals surface area contributed by atoms with Crippen LogP contribution in [0.4, 0.5) is 23.2 Å². The van der Waals surface area contributed by atoms with Gasteiger partial charge >= 0.3 is 12.3 Å². The van der Waals surface area contributed by atoms with Crippen molar-refractivity contribution >= 4 is 17.7 Å². The lowest BCUT2D eigenvalue weighted by molar-refractivity contribution is -0.148.